The molecule has 4 heteroatoms. The second kappa shape index (κ2) is 6.57. The summed E-state index contributed by atoms with van der Waals surface area (Å²) in [5.74, 6) is -1.64. The van der Waals surface area contributed by atoms with Gasteiger partial charge < -0.3 is 5.32 Å². The minimum absolute atomic E-state index is 0.277. The largest absolute Gasteiger partial charge is 0.313 e. The zero-order valence-electron chi connectivity index (χ0n) is 11.2. The standard InChI is InChI=1S/C16H16F3N/c1-2-7-20-10-11-8-12(17)3-5-14(11)15-6-4-13(18)9-16(15)19/h3-6,8-9,20H,2,7,10H2,1H3. The molecule has 2 rings (SSSR count). The third-order valence-corrected chi connectivity index (χ3v) is 3.03. The van der Waals surface area contributed by atoms with E-state index in [1.165, 1.54) is 30.3 Å². The van der Waals surface area contributed by atoms with Gasteiger partial charge in [0.25, 0.3) is 0 Å². The van der Waals surface area contributed by atoms with E-state index in [0.717, 1.165) is 19.0 Å². The van der Waals surface area contributed by atoms with Crippen LogP contribution in [0.25, 0.3) is 11.1 Å². The number of rotatable bonds is 5. The van der Waals surface area contributed by atoms with Crippen LogP contribution < -0.4 is 5.32 Å². The molecular formula is C16H16F3N. The molecule has 0 unspecified atom stereocenters. The molecule has 0 spiro atoms. The molecule has 1 nitrogen and oxygen atoms in total. The Morgan fingerprint density at radius 3 is 2.20 bits per heavy atom. The van der Waals surface area contributed by atoms with Gasteiger partial charge in [0.2, 0.25) is 0 Å². The van der Waals surface area contributed by atoms with Crippen molar-refractivity contribution in [2.45, 2.75) is 19.9 Å². The molecule has 0 saturated heterocycles. The fourth-order valence-corrected chi connectivity index (χ4v) is 2.08. The minimum atomic E-state index is -0.645. The van der Waals surface area contributed by atoms with E-state index in [4.69, 9.17) is 0 Å². The maximum Gasteiger partial charge on any atom is 0.133 e. The van der Waals surface area contributed by atoms with Crippen LogP contribution >= 0.6 is 0 Å². The molecule has 0 heterocycles. The van der Waals surface area contributed by atoms with Crippen LogP contribution in [0.15, 0.2) is 36.4 Å². The molecule has 1 N–H and O–H groups in total. The van der Waals surface area contributed by atoms with Crippen molar-refractivity contribution in [2.24, 2.45) is 0 Å². The molecule has 0 radical (unpaired) electrons. The van der Waals surface area contributed by atoms with E-state index in [9.17, 15) is 13.2 Å². The lowest BCUT2D eigenvalue weighted by molar-refractivity contribution is 0.585. The molecule has 20 heavy (non-hydrogen) atoms. The summed E-state index contributed by atoms with van der Waals surface area (Å²) in [6, 6.07) is 7.59. The zero-order chi connectivity index (χ0) is 14.5. The molecule has 0 amide bonds. The quantitative estimate of drug-likeness (QED) is 0.806. The molecule has 0 aromatic heterocycles. The van der Waals surface area contributed by atoms with Crippen molar-refractivity contribution in [1.82, 2.24) is 5.32 Å². The third kappa shape index (κ3) is 3.39. The van der Waals surface area contributed by atoms with Gasteiger partial charge in [-0.15, -0.1) is 0 Å². The Kier molecular flexibility index (Phi) is 4.79. The van der Waals surface area contributed by atoms with Crippen LogP contribution in [0.3, 0.4) is 0 Å². The molecule has 2 aromatic carbocycles. The molecule has 0 saturated carbocycles. The second-order valence-corrected chi connectivity index (χ2v) is 4.60. The van der Waals surface area contributed by atoms with Crippen LogP contribution in [0, 0.1) is 17.5 Å². The first kappa shape index (κ1) is 14.6. The predicted octanol–water partition coefficient (Wildman–Crippen LogP) is 4.27. The summed E-state index contributed by atoms with van der Waals surface area (Å²) in [5.41, 5.74) is 1.51. The van der Waals surface area contributed by atoms with E-state index in [0.29, 0.717) is 17.7 Å². The minimum Gasteiger partial charge on any atom is -0.313 e. The van der Waals surface area contributed by atoms with Gasteiger partial charge in [-0.2, -0.15) is 0 Å². The summed E-state index contributed by atoms with van der Waals surface area (Å²) in [5, 5.41) is 3.16. The van der Waals surface area contributed by atoms with Crippen molar-refractivity contribution in [3.8, 4) is 11.1 Å². The van der Waals surface area contributed by atoms with Gasteiger partial charge in [0.1, 0.15) is 17.5 Å². The van der Waals surface area contributed by atoms with Crippen molar-refractivity contribution in [2.75, 3.05) is 6.54 Å². The van der Waals surface area contributed by atoms with E-state index >= 15 is 0 Å². The molecule has 2 aromatic rings. The van der Waals surface area contributed by atoms with E-state index in [1.807, 2.05) is 6.92 Å². The number of nitrogens with one attached hydrogen (secondary N) is 1. The van der Waals surface area contributed by atoms with Gasteiger partial charge in [0.05, 0.1) is 0 Å². The molecule has 106 valence electrons. The summed E-state index contributed by atoms with van der Waals surface area (Å²) >= 11 is 0. The number of hydrogen-bond donors (Lipinski definition) is 1. The van der Waals surface area contributed by atoms with Gasteiger partial charge in [0.15, 0.2) is 0 Å². The molecule has 0 bridgehead atoms. The van der Waals surface area contributed by atoms with Crippen molar-refractivity contribution in [3.63, 3.8) is 0 Å². The van der Waals surface area contributed by atoms with Crippen LogP contribution in [0.1, 0.15) is 18.9 Å². The summed E-state index contributed by atoms with van der Waals surface area (Å²) < 4.78 is 40.2. The van der Waals surface area contributed by atoms with Crippen LogP contribution in [0.4, 0.5) is 13.2 Å². The first-order chi connectivity index (χ1) is 9.61. The summed E-state index contributed by atoms with van der Waals surface area (Å²) in [6.07, 6.45) is 0.954. The average Bonchev–Trinajstić information content (AvgIpc) is 2.40. The smallest absolute Gasteiger partial charge is 0.133 e. The fourth-order valence-electron chi connectivity index (χ4n) is 2.08. The van der Waals surface area contributed by atoms with Gasteiger partial charge in [-0.1, -0.05) is 13.0 Å². The Hall–Kier alpha value is -1.81. The van der Waals surface area contributed by atoms with Crippen LogP contribution in [0.5, 0.6) is 0 Å². The zero-order valence-corrected chi connectivity index (χ0v) is 11.2. The van der Waals surface area contributed by atoms with E-state index < -0.39 is 11.6 Å². The number of hydrogen-bond acceptors (Lipinski definition) is 1. The van der Waals surface area contributed by atoms with Gasteiger partial charge in [-0.25, -0.2) is 13.2 Å². The van der Waals surface area contributed by atoms with Crippen molar-refractivity contribution in [3.05, 3.63) is 59.4 Å². The van der Waals surface area contributed by atoms with Crippen LogP contribution in [-0.2, 0) is 6.54 Å². The van der Waals surface area contributed by atoms with Crippen LogP contribution in [0.2, 0.25) is 0 Å². The predicted molar refractivity (Wildman–Crippen MR) is 73.7 cm³/mol. The number of halogens is 3. The Morgan fingerprint density at radius 1 is 0.900 bits per heavy atom. The second-order valence-electron chi connectivity index (χ2n) is 4.60. The van der Waals surface area contributed by atoms with E-state index in [-0.39, 0.29) is 11.4 Å². The molecule has 0 fully saturated rings. The van der Waals surface area contributed by atoms with Crippen LogP contribution in [-0.4, -0.2) is 6.54 Å². The Bertz CT molecular complexity index is 596. The molecule has 0 aliphatic carbocycles. The topological polar surface area (TPSA) is 12.0 Å². The Balaban J connectivity index is 2.39. The molecular weight excluding hydrogens is 263 g/mol. The van der Waals surface area contributed by atoms with E-state index in [2.05, 4.69) is 5.32 Å². The Labute approximate surface area is 116 Å². The van der Waals surface area contributed by atoms with Crippen molar-refractivity contribution >= 4 is 0 Å². The van der Waals surface area contributed by atoms with Gasteiger partial charge in [-0.3, -0.25) is 0 Å². The maximum atomic E-state index is 13.9. The molecule has 0 aliphatic rings. The highest BCUT2D eigenvalue weighted by Gasteiger charge is 2.11. The average molecular weight is 279 g/mol. The Morgan fingerprint density at radius 2 is 1.55 bits per heavy atom. The van der Waals surface area contributed by atoms with Crippen molar-refractivity contribution in [1.29, 1.82) is 0 Å². The van der Waals surface area contributed by atoms with E-state index in [1.54, 1.807) is 0 Å². The van der Waals surface area contributed by atoms with Crippen molar-refractivity contribution < 1.29 is 13.2 Å². The highest BCUT2D eigenvalue weighted by molar-refractivity contribution is 5.68. The summed E-state index contributed by atoms with van der Waals surface area (Å²) in [4.78, 5) is 0. The molecule has 0 atom stereocenters. The lowest BCUT2D eigenvalue weighted by Gasteiger charge is -2.12. The normalized spacial score (nSPS) is 10.8. The first-order valence-electron chi connectivity index (χ1n) is 6.56. The molecule has 0 aliphatic heterocycles. The summed E-state index contributed by atoms with van der Waals surface area (Å²) in [7, 11) is 0. The lowest BCUT2D eigenvalue weighted by atomic mass is 9.99. The summed E-state index contributed by atoms with van der Waals surface area (Å²) in [6.45, 7) is 3.26. The first-order valence-corrected chi connectivity index (χ1v) is 6.56. The lowest BCUT2D eigenvalue weighted by Crippen LogP contribution is -2.14. The SMILES string of the molecule is CCCNCc1cc(F)ccc1-c1ccc(F)cc1F. The van der Waals surface area contributed by atoms with Gasteiger partial charge in [0, 0.05) is 18.2 Å². The highest BCUT2D eigenvalue weighted by Crippen LogP contribution is 2.27. The van der Waals surface area contributed by atoms with Gasteiger partial charge in [-0.05, 0) is 48.4 Å². The van der Waals surface area contributed by atoms with Gasteiger partial charge >= 0.3 is 0 Å². The highest BCUT2D eigenvalue weighted by atomic mass is 19.1. The third-order valence-electron chi connectivity index (χ3n) is 3.03. The maximum absolute atomic E-state index is 13.9. The monoisotopic (exact) mass is 279 g/mol. The fraction of sp³-hybridized carbons (Fsp3) is 0.250. The number of benzene rings is 2.